The zero-order chi connectivity index (χ0) is 22.1. The second kappa shape index (κ2) is 12.1. The minimum absolute atomic E-state index is 0.236. The fourth-order valence-corrected chi connectivity index (χ4v) is 4.06. The molecule has 2 unspecified atom stereocenters. The molecule has 2 rings (SSSR count). The standard InChI is InChI=1S/C23H42N6O/c1-17(2)29(18(3)4)12-8-11-25-23(24-7)27-14-21-9-10-22(26-13-21)28-15-19(5)30-20(6)16-28/h9-10,13,17-20H,8,11-12,14-16H2,1-7H3,(H2,24,25,27). The van der Waals surface area contributed by atoms with Gasteiger partial charge in [-0.3, -0.25) is 9.89 Å². The van der Waals surface area contributed by atoms with Gasteiger partial charge >= 0.3 is 0 Å². The van der Waals surface area contributed by atoms with Crippen LogP contribution in [0.3, 0.4) is 0 Å². The highest BCUT2D eigenvalue weighted by Crippen LogP contribution is 2.18. The highest BCUT2D eigenvalue weighted by Gasteiger charge is 2.23. The van der Waals surface area contributed by atoms with Crippen LogP contribution >= 0.6 is 0 Å². The Labute approximate surface area is 183 Å². The number of nitrogens with one attached hydrogen (secondary N) is 2. The first kappa shape index (κ1) is 24.4. The van der Waals surface area contributed by atoms with Gasteiger partial charge in [-0.1, -0.05) is 6.07 Å². The molecule has 1 saturated heterocycles. The molecule has 0 spiro atoms. The van der Waals surface area contributed by atoms with Crippen molar-refractivity contribution in [2.75, 3.05) is 38.1 Å². The molecular weight excluding hydrogens is 376 g/mol. The predicted molar refractivity (Wildman–Crippen MR) is 126 cm³/mol. The van der Waals surface area contributed by atoms with E-state index in [1.165, 1.54) is 0 Å². The van der Waals surface area contributed by atoms with Crippen LogP contribution in [-0.4, -0.2) is 73.4 Å². The maximum atomic E-state index is 5.81. The lowest BCUT2D eigenvalue weighted by molar-refractivity contribution is -0.00545. The number of hydrogen-bond donors (Lipinski definition) is 2. The van der Waals surface area contributed by atoms with E-state index in [4.69, 9.17) is 4.74 Å². The third kappa shape index (κ3) is 7.76. The van der Waals surface area contributed by atoms with Crippen molar-refractivity contribution in [3.05, 3.63) is 23.9 Å². The fourth-order valence-electron chi connectivity index (χ4n) is 4.06. The molecule has 2 heterocycles. The van der Waals surface area contributed by atoms with Crippen molar-refractivity contribution < 1.29 is 4.74 Å². The summed E-state index contributed by atoms with van der Waals surface area (Å²) in [6, 6.07) is 5.38. The van der Waals surface area contributed by atoms with Gasteiger partial charge in [0, 0.05) is 58.1 Å². The van der Waals surface area contributed by atoms with Gasteiger partial charge in [0.15, 0.2) is 5.96 Å². The molecule has 0 aromatic carbocycles. The lowest BCUT2D eigenvalue weighted by Crippen LogP contribution is -2.45. The van der Waals surface area contributed by atoms with E-state index in [0.717, 1.165) is 49.9 Å². The Morgan fingerprint density at radius 1 is 1.17 bits per heavy atom. The first-order valence-corrected chi connectivity index (χ1v) is 11.4. The summed E-state index contributed by atoms with van der Waals surface area (Å²) in [4.78, 5) is 13.8. The number of anilines is 1. The van der Waals surface area contributed by atoms with Crippen LogP contribution < -0.4 is 15.5 Å². The van der Waals surface area contributed by atoms with Crippen LogP contribution in [0, 0.1) is 0 Å². The molecule has 7 nitrogen and oxygen atoms in total. The zero-order valence-electron chi connectivity index (χ0n) is 20.0. The van der Waals surface area contributed by atoms with Crippen LogP contribution in [0.4, 0.5) is 5.82 Å². The number of rotatable bonds is 9. The smallest absolute Gasteiger partial charge is 0.191 e. The Hall–Kier alpha value is -1.86. The number of guanidine groups is 1. The number of aromatic nitrogens is 1. The van der Waals surface area contributed by atoms with Gasteiger partial charge in [-0.05, 0) is 59.6 Å². The summed E-state index contributed by atoms with van der Waals surface area (Å²) in [6.45, 7) is 17.7. The van der Waals surface area contributed by atoms with Gasteiger partial charge in [0.25, 0.3) is 0 Å². The van der Waals surface area contributed by atoms with Crippen molar-refractivity contribution in [2.45, 2.75) is 78.8 Å². The van der Waals surface area contributed by atoms with E-state index >= 15 is 0 Å². The molecule has 0 aliphatic carbocycles. The molecule has 1 fully saturated rings. The number of nitrogens with zero attached hydrogens (tertiary/aromatic N) is 4. The summed E-state index contributed by atoms with van der Waals surface area (Å²) in [5, 5.41) is 6.80. The number of aliphatic imine (C=N–C) groups is 1. The molecule has 1 aromatic rings. The minimum Gasteiger partial charge on any atom is -0.372 e. The molecular formula is C23H42N6O. The maximum Gasteiger partial charge on any atom is 0.191 e. The van der Waals surface area contributed by atoms with Gasteiger partial charge in [0.05, 0.1) is 12.2 Å². The lowest BCUT2D eigenvalue weighted by Gasteiger charge is -2.36. The molecule has 0 bridgehead atoms. The third-order valence-electron chi connectivity index (χ3n) is 5.45. The zero-order valence-corrected chi connectivity index (χ0v) is 20.0. The van der Waals surface area contributed by atoms with E-state index in [0.29, 0.717) is 18.6 Å². The lowest BCUT2D eigenvalue weighted by atomic mass is 10.2. The maximum absolute atomic E-state index is 5.81. The van der Waals surface area contributed by atoms with Crippen LogP contribution in [0.25, 0.3) is 0 Å². The van der Waals surface area contributed by atoms with Gasteiger partial charge in [-0.15, -0.1) is 0 Å². The summed E-state index contributed by atoms with van der Waals surface area (Å²) in [6.07, 6.45) is 3.51. The van der Waals surface area contributed by atoms with Crippen molar-refractivity contribution >= 4 is 11.8 Å². The fraction of sp³-hybridized carbons (Fsp3) is 0.739. The van der Waals surface area contributed by atoms with Crippen LogP contribution in [0.1, 0.15) is 53.5 Å². The number of pyridine rings is 1. The van der Waals surface area contributed by atoms with Gasteiger partial charge in [-0.25, -0.2) is 4.98 Å². The predicted octanol–water partition coefficient (Wildman–Crippen LogP) is 2.87. The number of hydrogen-bond acceptors (Lipinski definition) is 5. The molecule has 2 atom stereocenters. The van der Waals surface area contributed by atoms with E-state index in [1.54, 1.807) is 0 Å². The average Bonchev–Trinajstić information content (AvgIpc) is 2.69. The Bertz CT molecular complexity index is 628. The highest BCUT2D eigenvalue weighted by molar-refractivity contribution is 5.79. The van der Waals surface area contributed by atoms with Gasteiger partial charge in [0.2, 0.25) is 0 Å². The molecule has 0 radical (unpaired) electrons. The first-order valence-electron chi connectivity index (χ1n) is 11.4. The van der Waals surface area contributed by atoms with Gasteiger partial charge in [0.1, 0.15) is 5.82 Å². The van der Waals surface area contributed by atoms with Crippen molar-refractivity contribution in [1.82, 2.24) is 20.5 Å². The quantitative estimate of drug-likeness (QED) is 0.365. The molecule has 0 amide bonds. The molecule has 1 aromatic heterocycles. The second-order valence-corrected chi connectivity index (χ2v) is 8.82. The Balaban J connectivity index is 1.75. The number of morpholine rings is 1. The monoisotopic (exact) mass is 418 g/mol. The molecule has 7 heteroatoms. The average molecular weight is 419 g/mol. The van der Waals surface area contributed by atoms with E-state index < -0.39 is 0 Å². The summed E-state index contributed by atoms with van der Waals surface area (Å²) in [5.74, 6) is 1.85. The summed E-state index contributed by atoms with van der Waals surface area (Å²) < 4.78 is 5.81. The molecule has 1 aliphatic heterocycles. The van der Waals surface area contributed by atoms with Crippen molar-refractivity contribution in [3.63, 3.8) is 0 Å². The van der Waals surface area contributed by atoms with E-state index in [-0.39, 0.29) is 12.2 Å². The Morgan fingerprint density at radius 2 is 1.83 bits per heavy atom. The van der Waals surface area contributed by atoms with Crippen molar-refractivity contribution in [2.24, 2.45) is 4.99 Å². The van der Waals surface area contributed by atoms with Crippen LogP contribution in [0.15, 0.2) is 23.3 Å². The largest absolute Gasteiger partial charge is 0.372 e. The minimum atomic E-state index is 0.236. The molecule has 0 saturated carbocycles. The molecule has 170 valence electrons. The Morgan fingerprint density at radius 3 is 2.37 bits per heavy atom. The highest BCUT2D eigenvalue weighted by atomic mass is 16.5. The summed E-state index contributed by atoms with van der Waals surface area (Å²) >= 11 is 0. The van der Waals surface area contributed by atoms with Crippen LogP contribution in [0.2, 0.25) is 0 Å². The Kier molecular flexibility index (Phi) is 9.85. The van der Waals surface area contributed by atoms with Gasteiger partial charge < -0.3 is 20.3 Å². The topological polar surface area (TPSA) is 65.0 Å². The molecule has 30 heavy (non-hydrogen) atoms. The SMILES string of the molecule is CN=C(NCCCN(C(C)C)C(C)C)NCc1ccc(N2CC(C)OC(C)C2)nc1. The van der Waals surface area contributed by atoms with Crippen LogP contribution in [-0.2, 0) is 11.3 Å². The van der Waals surface area contributed by atoms with Crippen molar-refractivity contribution in [1.29, 1.82) is 0 Å². The molecule has 1 aliphatic rings. The van der Waals surface area contributed by atoms with Crippen LogP contribution in [0.5, 0.6) is 0 Å². The second-order valence-electron chi connectivity index (χ2n) is 8.82. The van der Waals surface area contributed by atoms with E-state index in [2.05, 4.69) is 84.1 Å². The number of ether oxygens (including phenoxy) is 1. The van der Waals surface area contributed by atoms with Gasteiger partial charge in [-0.2, -0.15) is 0 Å². The normalized spacial score (nSPS) is 20.3. The first-order chi connectivity index (χ1) is 14.3. The van der Waals surface area contributed by atoms with Crippen molar-refractivity contribution in [3.8, 4) is 0 Å². The third-order valence-corrected chi connectivity index (χ3v) is 5.45. The van der Waals surface area contributed by atoms with E-state index in [9.17, 15) is 0 Å². The van der Waals surface area contributed by atoms with E-state index in [1.807, 2.05) is 13.2 Å². The summed E-state index contributed by atoms with van der Waals surface area (Å²) in [5.41, 5.74) is 1.14. The summed E-state index contributed by atoms with van der Waals surface area (Å²) in [7, 11) is 1.81. The molecule has 2 N–H and O–H groups in total.